The van der Waals surface area contributed by atoms with Gasteiger partial charge in [-0.2, -0.15) is 0 Å². The van der Waals surface area contributed by atoms with Crippen molar-refractivity contribution in [1.82, 2.24) is 20.3 Å². The molecule has 0 aromatic carbocycles. The number of hydrogen-bond donors (Lipinski definition) is 1. The number of rotatable bonds is 6. The van der Waals surface area contributed by atoms with Gasteiger partial charge >= 0.3 is 0 Å². The maximum atomic E-state index is 4.27. The maximum absolute atomic E-state index is 4.27. The highest BCUT2D eigenvalue weighted by Gasteiger charge is 2.42. The van der Waals surface area contributed by atoms with E-state index in [2.05, 4.69) is 28.7 Å². The first-order valence-corrected chi connectivity index (χ1v) is 7.84. The molecule has 0 spiro atoms. The minimum absolute atomic E-state index is 0.604. The highest BCUT2D eigenvalue weighted by molar-refractivity contribution is 5.02. The number of nitrogens with one attached hydrogen (secondary N) is 1. The van der Waals surface area contributed by atoms with Gasteiger partial charge in [0.2, 0.25) is 0 Å². The smallest absolute Gasteiger partial charge is 0.0842 e. The van der Waals surface area contributed by atoms with Crippen molar-refractivity contribution < 1.29 is 0 Å². The molecule has 4 unspecified atom stereocenters. The molecule has 0 saturated heterocycles. The molecule has 19 heavy (non-hydrogen) atoms. The van der Waals surface area contributed by atoms with Gasteiger partial charge in [0.1, 0.15) is 0 Å². The van der Waals surface area contributed by atoms with Crippen LogP contribution in [0, 0.1) is 17.8 Å². The summed E-state index contributed by atoms with van der Waals surface area (Å²) in [7, 11) is 1.95. The van der Waals surface area contributed by atoms with Crippen LogP contribution in [0.1, 0.15) is 44.7 Å². The van der Waals surface area contributed by atoms with E-state index in [1.165, 1.54) is 32.1 Å². The fraction of sp³-hybridized carbons (Fsp3) is 0.867. The summed E-state index contributed by atoms with van der Waals surface area (Å²) in [5, 5.41) is 12.1. The summed E-state index contributed by atoms with van der Waals surface area (Å²) < 4.78 is 1.81. The Hall–Kier alpha value is -0.900. The lowest BCUT2D eigenvalue weighted by Gasteiger charge is -2.31. The van der Waals surface area contributed by atoms with Crippen LogP contribution in [-0.2, 0) is 13.5 Å². The Morgan fingerprint density at radius 1 is 1.42 bits per heavy atom. The Balaban J connectivity index is 1.66. The number of nitrogens with zero attached hydrogens (tertiary/aromatic N) is 3. The minimum atomic E-state index is 0.604. The molecule has 4 atom stereocenters. The molecular weight excluding hydrogens is 236 g/mol. The number of fused-ring (bicyclic) bond motifs is 2. The van der Waals surface area contributed by atoms with Crippen LogP contribution in [0.15, 0.2) is 6.20 Å². The molecule has 1 aromatic rings. The molecule has 3 rings (SSSR count). The quantitative estimate of drug-likeness (QED) is 0.854. The SMILES string of the molecule is CCCNC(Cc1cn(C)nn1)C1CC2CCC1C2. The van der Waals surface area contributed by atoms with E-state index in [9.17, 15) is 0 Å². The molecule has 0 amide bonds. The van der Waals surface area contributed by atoms with Crippen LogP contribution >= 0.6 is 0 Å². The van der Waals surface area contributed by atoms with Crippen molar-refractivity contribution in [2.45, 2.75) is 51.5 Å². The number of hydrogen-bond acceptors (Lipinski definition) is 3. The van der Waals surface area contributed by atoms with Crippen molar-refractivity contribution in [3.63, 3.8) is 0 Å². The van der Waals surface area contributed by atoms with E-state index in [1.54, 1.807) is 0 Å². The summed E-state index contributed by atoms with van der Waals surface area (Å²) in [5.41, 5.74) is 1.14. The van der Waals surface area contributed by atoms with Gasteiger partial charge in [-0.3, -0.25) is 4.68 Å². The second kappa shape index (κ2) is 5.61. The van der Waals surface area contributed by atoms with E-state index in [1.807, 2.05) is 11.7 Å². The van der Waals surface area contributed by atoms with Gasteiger partial charge < -0.3 is 5.32 Å². The van der Waals surface area contributed by atoms with Crippen LogP contribution < -0.4 is 5.32 Å². The largest absolute Gasteiger partial charge is 0.313 e. The molecule has 2 bridgehead atoms. The molecule has 1 N–H and O–H groups in total. The molecule has 4 heteroatoms. The summed E-state index contributed by atoms with van der Waals surface area (Å²) in [6, 6.07) is 0.604. The zero-order valence-corrected chi connectivity index (χ0v) is 12.2. The normalized spacial score (nSPS) is 30.9. The van der Waals surface area contributed by atoms with Crippen LogP contribution in [0.4, 0.5) is 0 Å². The van der Waals surface area contributed by atoms with Crippen LogP contribution in [0.25, 0.3) is 0 Å². The van der Waals surface area contributed by atoms with Gasteiger partial charge in [-0.25, -0.2) is 0 Å². The fourth-order valence-electron chi connectivity index (χ4n) is 4.21. The minimum Gasteiger partial charge on any atom is -0.313 e. The molecule has 106 valence electrons. The summed E-state index contributed by atoms with van der Waals surface area (Å²) in [6.07, 6.45) is 10.2. The third-order valence-corrected chi connectivity index (χ3v) is 5.05. The van der Waals surface area contributed by atoms with Crippen LogP contribution in [0.2, 0.25) is 0 Å². The van der Waals surface area contributed by atoms with Gasteiger partial charge in [-0.05, 0) is 50.0 Å². The van der Waals surface area contributed by atoms with Gasteiger partial charge in [0, 0.05) is 25.7 Å². The Labute approximate surface area is 116 Å². The zero-order valence-electron chi connectivity index (χ0n) is 12.2. The first kappa shape index (κ1) is 13.1. The lowest BCUT2D eigenvalue weighted by atomic mass is 9.81. The molecule has 4 nitrogen and oxygen atoms in total. The van der Waals surface area contributed by atoms with Gasteiger partial charge in [0.15, 0.2) is 0 Å². The molecule has 0 radical (unpaired) electrons. The summed E-state index contributed by atoms with van der Waals surface area (Å²) in [5.74, 6) is 2.85. The van der Waals surface area contributed by atoms with Crippen molar-refractivity contribution in [3.8, 4) is 0 Å². The van der Waals surface area contributed by atoms with Gasteiger partial charge in [0.25, 0.3) is 0 Å². The van der Waals surface area contributed by atoms with Crippen molar-refractivity contribution in [1.29, 1.82) is 0 Å². The monoisotopic (exact) mass is 262 g/mol. The zero-order chi connectivity index (χ0) is 13.2. The molecule has 2 aliphatic rings. The lowest BCUT2D eigenvalue weighted by Crippen LogP contribution is -2.41. The predicted molar refractivity (Wildman–Crippen MR) is 75.7 cm³/mol. The second-order valence-electron chi connectivity index (χ2n) is 6.49. The lowest BCUT2D eigenvalue weighted by molar-refractivity contribution is 0.246. The van der Waals surface area contributed by atoms with Crippen LogP contribution in [-0.4, -0.2) is 27.6 Å². The van der Waals surface area contributed by atoms with Crippen LogP contribution in [0.3, 0.4) is 0 Å². The van der Waals surface area contributed by atoms with Crippen molar-refractivity contribution in [3.05, 3.63) is 11.9 Å². The molecule has 2 aliphatic carbocycles. The number of aryl methyl sites for hydroxylation is 1. The summed E-state index contributed by atoms with van der Waals surface area (Å²) in [4.78, 5) is 0. The first-order valence-electron chi connectivity index (χ1n) is 7.84. The molecule has 2 fully saturated rings. The van der Waals surface area contributed by atoms with E-state index < -0.39 is 0 Å². The van der Waals surface area contributed by atoms with Crippen LogP contribution in [0.5, 0.6) is 0 Å². The van der Waals surface area contributed by atoms with E-state index in [0.717, 1.165) is 36.4 Å². The van der Waals surface area contributed by atoms with Crippen molar-refractivity contribution in [2.75, 3.05) is 6.54 Å². The molecule has 1 heterocycles. The van der Waals surface area contributed by atoms with E-state index >= 15 is 0 Å². The molecule has 2 saturated carbocycles. The Morgan fingerprint density at radius 3 is 2.89 bits per heavy atom. The summed E-state index contributed by atoms with van der Waals surface area (Å²) >= 11 is 0. The Kier molecular flexibility index (Phi) is 3.87. The van der Waals surface area contributed by atoms with Gasteiger partial charge in [-0.15, -0.1) is 5.10 Å². The molecule has 0 aliphatic heterocycles. The summed E-state index contributed by atoms with van der Waals surface area (Å²) in [6.45, 7) is 3.37. The average Bonchev–Trinajstić information content (AvgIpc) is 3.10. The average molecular weight is 262 g/mol. The van der Waals surface area contributed by atoms with Crippen molar-refractivity contribution in [2.24, 2.45) is 24.8 Å². The fourth-order valence-corrected chi connectivity index (χ4v) is 4.21. The first-order chi connectivity index (χ1) is 9.26. The van der Waals surface area contributed by atoms with E-state index in [0.29, 0.717) is 6.04 Å². The van der Waals surface area contributed by atoms with Crippen molar-refractivity contribution >= 4 is 0 Å². The number of aromatic nitrogens is 3. The Morgan fingerprint density at radius 2 is 2.32 bits per heavy atom. The highest BCUT2D eigenvalue weighted by Crippen LogP contribution is 2.49. The third kappa shape index (κ3) is 2.83. The predicted octanol–water partition coefficient (Wildman–Crippen LogP) is 2.16. The van der Waals surface area contributed by atoms with E-state index in [-0.39, 0.29) is 0 Å². The van der Waals surface area contributed by atoms with E-state index in [4.69, 9.17) is 0 Å². The molecular formula is C15H26N4. The van der Waals surface area contributed by atoms with Gasteiger partial charge in [-0.1, -0.05) is 18.6 Å². The topological polar surface area (TPSA) is 42.7 Å². The highest BCUT2D eigenvalue weighted by atomic mass is 15.4. The van der Waals surface area contributed by atoms with Gasteiger partial charge in [0.05, 0.1) is 5.69 Å². The second-order valence-corrected chi connectivity index (χ2v) is 6.49. The molecule has 1 aromatic heterocycles. The standard InChI is InChI=1S/C15H26N4/c1-3-6-16-15(9-13-10-19(2)18-17-13)14-8-11-4-5-12(14)7-11/h10-12,14-16H,3-9H2,1-2H3. The maximum Gasteiger partial charge on any atom is 0.0842 e. The third-order valence-electron chi connectivity index (χ3n) is 5.05. The Bertz CT molecular complexity index is 414.